The Bertz CT molecular complexity index is 2280. The second-order valence-electron chi connectivity index (χ2n) is 16.6. The Kier molecular flexibility index (Phi) is 16.4. The van der Waals surface area contributed by atoms with Crippen molar-refractivity contribution in [1.29, 1.82) is 0 Å². The van der Waals surface area contributed by atoms with Gasteiger partial charge in [-0.1, -0.05) is 182 Å². The quantitative estimate of drug-likeness (QED) is 0.0734. The zero-order chi connectivity index (χ0) is 44.8. The molecule has 0 amide bonds. The molecule has 3 fully saturated rings. The number of hydrogen-bond acceptors (Lipinski definition) is 11. The lowest BCUT2D eigenvalue weighted by Crippen LogP contribution is -2.67. The first-order chi connectivity index (χ1) is 32.7. The molecule has 0 aromatic heterocycles. The lowest BCUT2D eigenvalue weighted by atomic mass is 9.95. The highest BCUT2D eigenvalue weighted by atomic mass is 16.8. The van der Waals surface area contributed by atoms with Gasteiger partial charge in [-0.25, -0.2) is 0 Å². The third-order valence-electron chi connectivity index (χ3n) is 12.0. The standard InChI is InChI=1S/C55H58O11/c1-56-54-51(60-35-42-26-14-5-15-27-42)49(58-33-40-22-10-3-11-23-40)47(45(63-54)37-57-32-39-20-8-2-9-21-39)66-55-52(61-36-43-28-16-6-17-29-43)50(59-34-41-24-12-4-13-25-41)48-46(64-55)38-62-53(65-48)44-30-18-7-19-31-44/h2-31,45-55H,32-38H2,1H3/t45-,46-,47-,48-,49+,50+,51-,52-,53?,54-,55-/m1/s1. The van der Waals surface area contributed by atoms with Crippen LogP contribution in [0.2, 0.25) is 0 Å². The largest absolute Gasteiger partial charge is 0.374 e. The lowest BCUT2D eigenvalue weighted by Gasteiger charge is -2.51. The van der Waals surface area contributed by atoms with E-state index in [0.717, 1.165) is 33.4 Å². The van der Waals surface area contributed by atoms with Gasteiger partial charge >= 0.3 is 0 Å². The van der Waals surface area contributed by atoms with Gasteiger partial charge in [0.1, 0.15) is 48.8 Å². The Hall–Kier alpha value is -5.12. The first kappa shape index (κ1) is 46.0. The molecule has 0 aliphatic carbocycles. The molecule has 11 atom stereocenters. The maximum Gasteiger partial charge on any atom is 0.187 e. The van der Waals surface area contributed by atoms with Crippen LogP contribution in [-0.2, 0) is 85.1 Å². The average molecular weight is 895 g/mol. The van der Waals surface area contributed by atoms with E-state index in [1.165, 1.54) is 0 Å². The molecule has 9 rings (SSSR count). The summed E-state index contributed by atoms with van der Waals surface area (Å²) in [7, 11) is 1.61. The average Bonchev–Trinajstić information content (AvgIpc) is 3.38. The van der Waals surface area contributed by atoms with E-state index < -0.39 is 67.7 Å². The lowest BCUT2D eigenvalue weighted by molar-refractivity contribution is -0.397. The van der Waals surface area contributed by atoms with E-state index >= 15 is 0 Å². The SMILES string of the molecule is CO[C@@H]1O[C@H](COCc2ccccc2)[C@@H](O[C@H]2O[C@@H]3COC(c4ccccc4)O[C@H]3[C@H](OCc3ccccc3)[C@H]2OCc2ccccc2)[C@H](OCc2ccccc2)[C@H]1OCc1ccccc1. The van der Waals surface area contributed by atoms with Crippen LogP contribution < -0.4 is 0 Å². The minimum atomic E-state index is -1.03. The molecule has 11 heteroatoms. The summed E-state index contributed by atoms with van der Waals surface area (Å²) >= 11 is 0. The summed E-state index contributed by atoms with van der Waals surface area (Å²) in [4.78, 5) is 0. The minimum Gasteiger partial charge on any atom is -0.374 e. The Morgan fingerprint density at radius 1 is 0.424 bits per heavy atom. The van der Waals surface area contributed by atoms with Gasteiger partial charge < -0.3 is 52.1 Å². The van der Waals surface area contributed by atoms with Crippen LogP contribution in [0.15, 0.2) is 182 Å². The van der Waals surface area contributed by atoms with E-state index in [9.17, 15) is 0 Å². The van der Waals surface area contributed by atoms with Gasteiger partial charge in [0.05, 0.1) is 46.2 Å². The Balaban J connectivity index is 1.08. The van der Waals surface area contributed by atoms with E-state index in [1.54, 1.807) is 7.11 Å². The molecule has 3 saturated heterocycles. The summed E-state index contributed by atoms with van der Waals surface area (Å²) < 4.78 is 74.6. The number of hydrogen-bond donors (Lipinski definition) is 0. The predicted octanol–water partition coefficient (Wildman–Crippen LogP) is 9.14. The van der Waals surface area contributed by atoms with E-state index in [0.29, 0.717) is 13.2 Å². The van der Waals surface area contributed by atoms with E-state index in [4.69, 9.17) is 52.1 Å². The molecule has 0 N–H and O–H groups in total. The topological polar surface area (TPSA) is 102 Å². The van der Waals surface area contributed by atoms with Crippen molar-refractivity contribution in [2.45, 2.75) is 101 Å². The Labute approximate surface area is 387 Å². The molecular weight excluding hydrogens is 837 g/mol. The second-order valence-corrected chi connectivity index (χ2v) is 16.6. The summed E-state index contributed by atoms with van der Waals surface area (Å²) in [5.74, 6) is 0. The maximum atomic E-state index is 7.36. The van der Waals surface area contributed by atoms with E-state index in [2.05, 4.69) is 0 Å². The fourth-order valence-corrected chi connectivity index (χ4v) is 8.62. The van der Waals surface area contributed by atoms with Crippen molar-refractivity contribution < 1.29 is 52.1 Å². The van der Waals surface area contributed by atoms with Crippen molar-refractivity contribution in [2.24, 2.45) is 0 Å². The summed E-state index contributed by atoms with van der Waals surface area (Å²) in [6.45, 7) is 1.80. The van der Waals surface area contributed by atoms with Gasteiger partial charge in [0.15, 0.2) is 18.9 Å². The first-order valence-electron chi connectivity index (χ1n) is 22.7. The molecule has 0 radical (unpaired) electrons. The molecule has 3 aliphatic heterocycles. The van der Waals surface area contributed by atoms with Crippen LogP contribution >= 0.6 is 0 Å². The van der Waals surface area contributed by atoms with Gasteiger partial charge in [0, 0.05) is 12.7 Å². The Morgan fingerprint density at radius 3 is 1.33 bits per heavy atom. The van der Waals surface area contributed by atoms with Crippen molar-refractivity contribution in [3.05, 3.63) is 215 Å². The van der Waals surface area contributed by atoms with Crippen LogP contribution in [0.4, 0.5) is 0 Å². The maximum absolute atomic E-state index is 7.36. The van der Waals surface area contributed by atoms with Gasteiger partial charge in [-0.15, -0.1) is 0 Å². The highest BCUT2D eigenvalue weighted by Crippen LogP contribution is 2.40. The van der Waals surface area contributed by atoms with Crippen molar-refractivity contribution in [2.75, 3.05) is 20.3 Å². The van der Waals surface area contributed by atoms with E-state index in [1.807, 2.05) is 182 Å². The highest BCUT2D eigenvalue weighted by Gasteiger charge is 2.56. The molecular formula is C55H58O11. The molecule has 3 heterocycles. The molecule has 1 unspecified atom stereocenters. The molecule has 344 valence electrons. The third kappa shape index (κ3) is 12.1. The summed E-state index contributed by atoms with van der Waals surface area (Å²) in [6, 6.07) is 60.0. The van der Waals surface area contributed by atoms with E-state index in [-0.39, 0.29) is 33.0 Å². The number of fused-ring (bicyclic) bond motifs is 1. The van der Waals surface area contributed by atoms with Crippen LogP contribution in [0.1, 0.15) is 39.7 Å². The molecule has 11 nitrogen and oxygen atoms in total. The van der Waals surface area contributed by atoms with Crippen molar-refractivity contribution in [3.8, 4) is 0 Å². The fourth-order valence-electron chi connectivity index (χ4n) is 8.62. The van der Waals surface area contributed by atoms with Gasteiger partial charge in [-0.05, 0) is 27.8 Å². The summed E-state index contributed by atoms with van der Waals surface area (Å²) in [5, 5.41) is 0. The van der Waals surface area contributed by atoms with Gasteiger partial charge in [-0.3, -0.25) is 0 Å². The van der Waals surface area contributed by atoms with Crippen LogP contribution in [0, 0.1) is 0 Å². The Morgan fingerprint density at radius 2 is 0.848 bits per heavy atom. The van der Waals surface area contributed by atoms with Gasteiger partial charge in [0.25, 0.3) is 0 Å². The van der Waals surface area contributed by atoms with Crippen LogP contribution in [0.5, 0.6) is 0 Å². The first-order valence-corrected chi connectivity index (χ1v) is 22.7. The number of ether oxygens (including phenoxy) is 11. The predicted molar refractivity (Wildman–Crippen MR) is 245 cm³/mol. The minimum absolute atomic E-state index is 0.142. The van der Waals surface area contributed by atoms with Crippen molar-refractivity contribution in [1.82, 2.24) is 0 Å². The van der Waals surface area contributed by atoms with Crippen LogP contribution in [-0.4, -0.2) is 81.7 Å². The second kappa shape index (κ2) is 23.6. The molecule has 3 aliphatic rings. The van der Waals surface area contributed by atoms with Crippen molar-refractivity contribution >= 4 is 0 Å². The molecule has 6 aromatic rings. The highest BCUT2D eigenvalue weighted by molar-refractivity contribution is 5.19. The number of benzene rings is 6. The van der Waals surface area contributed by atoms with Crippen LogP contribution in [0.25, 0.3) is 0 Å². The fraction of sp³-hybridized carbons (Fsp3) is 0.345. The zero-order valence-corrected chi connectivity index (χ0v) is 37.1. The monoisotopic (exact) mass is 894 g/mol. The van der Waals surface area contributed by atoms with Crippen molar-refractivity contribution in [3.63, 3.8) is 0 Å². The van der Waals surface area contributed by atoms with Gasteiger partial charge in [0.2, 0.25) is 0 Å². The molecule has 0 spiro atoms. The zero-order valence-electron chi connectivity index (χ0n) is 37.1. The van der Waals surface area contributed by atoms with Gasteiger partial charge in [-0.2, -0.15) is 0 Å². The van der Waals surface area contributed by atoms with Crippen LogP contribution in [0.3, 0.4) is 0 Å². The molecule has 66 heavy (non-hydrogen) atoms. The smallest absolute Gasteiger partial charge is 0.187 e. The summed E-state index contributed by atoms with van der Waals surface area (Å²) in [6.07, 6.45) is -8.22. The number of rotatable bonds is 20. The molecule has 6 aromatic carbocycles. The molecule has 0 bridgehead atoms. The normalized spacial score (nSPS) is 27.5. The third-order valence-corrected chi connectivity index (χ3v) is 12.0. The summed E-state index contributed by atoms with van der Waals surface area (Å²) in [5.41, 5.74) is 5.86. The number of methoxy groups -OCH3 is 1. The molecule has 0 saturated carbocycles.